The van der Waals surface area contributed by atoms with Crippen LogP contribution in [0.2, 0.25) is 0 Å². The summed E-state index contributed by atoms with van der Waals surface area (Å²) >= 11 is 0. The van der Waals surface area contributed by atoms with Crippen LogP contribution < -0.4 is 0 Å². The first kappa shape index (κ1) is 16.8. The van der Waals surface area contributed by atoms with Crippen LogP contribution in [0.25, 0.3) is 0 Å². The van der Waals surface area contributed by atoms with Gasteiger partial charge in [0, 0.05) is 13.1 Å². The first-order valence-corrected chi connectivity index (χ1v) is 8.95. The van der Waals surface area contributed by atoms with Gasteiger partial charge in [-0.2, -0.15) is 4.31 Å². The zero-order chi connectivity index (χ0) is 16.3. The van der Waals surface area contributed by atoms with Crippen LogP contribution in [0, 0.1) is 22.0 Å². The van der Waals surface area contributed by atoms with Crippen molar-refractivity contribution in [1.82, 2.24) is 9.29 Å². The lowest BCUT2D eigenvalue weighted by Gasteiger charge is -2.21. The zero-order valence-electron chi connectivity index (χ0n) is 12.8. The number of aromatic nitrogens is 1. The number of hydrogen-bond acceptors (Lipinski definition) is 5. The fourth-order valence-electron chi connectivity index (χ4n) is 3.17. The highest BCUT2D eigenvalue weighted by atomic mass is 32.2. The molecule has 0 amide bonds. The molecule has 2 rings (SSSR count). The van der Waals surface area contributed by atoms with Crippen LogP contribution in [-0.4, -0.2) is 35.7 Å². The lowest BCUT2D eigenvalue weighted by atomic mass is 9.87. The number of rotatable bonds is 6. The van der Waals surface area contributed by atoms with Crippen LogP contribution in [0.5, 0.6) is 0 Å². The standard InChI is InChI=1S/C14H21N3O4S/c1-3-11(4-2)12-7-9-16(10-12)22(20,21)13-6-5-8-15-14(13)17(18)19/h5-6,8,11-12H,3-4,7,9-10H2,1-2H3. The summed E-state index contributed by atoms with van der Waals surface area (Å²) in [6, 6.07) is 2.67. The van der Waals surface area contributed by atoms with Gasteiger partial charge in [-0.25, -0.2) is 8.42 Å². The van der Waals surface area contributed by atoms with Gasteiger partial charge in [-0.1, -0.05) is 26.7 Å². The second kappa shape index (κ2) is 6.70. The van der Waals surface area contributed by atoms with E-state index in [2.05, 4.69) is 18.8 Å². The van der Waals surface area contributed by atoms with Crippen molar-refractivity contribution in [2.75, 3.05) is 13.1 Å². The van der Waals surface area contributed by atoms with E-state index in [0.29, 0.717) is 24.9 Å². The Morgan fingerprint density at radius 3 is 2.73 bits per heavy atom. The largest absolute Gasteiger partial charge is 0.383 e. The summed E-state index contributed by atoms with van der Waals surface area (Å²) in [5, 5.41) is 11.0. The molecule has 7 nitrogen and oxygen atoms in total. The molecule has 0 bridgehead atoms. The SMILES string of the molecule is CCC(CC)C1CCN(S(=O)(=O)c2cccnc2[N+](=O)[O-])C1. The smallest absolute Gasteiger partial charge is 0.358 e. The summed E-state index contributed by atoms with van der Waals surface area (Å²) in [6.07, 6.45) is 4.07. The lowest BCUT2D eigenvalue weighted by Crippen LogP contribution is -2.30. The molecule has 1 atom stereocenters. The van der Waals surface area contributed by atoms with E-state index in [1.807, 2.05) is 0 Å². The first-order chi connectivity index (χ1) is 10.4. The molecule has 122 valence electrons. The topological polar surface area (TPSA) is 93.4 Å². The molecular weight excluding hydrogens is 306 g/mol. The van der Waals surface area contributed by atoms with Gasteiger partial charge in [0.1, 0.15) is 6.20 Å². The average Bonchev–Trinajstić information content (AvgIpc) is 2.99. The maximum absolute atomic E-state index is 12.7. The molecule has 1 fully saturated rings. The number of nitro groups is 1. The molecular formula is C14H21N3O4S. The molecule has 2 heterocycles. The molecule has 0 aromatic carbocycles. The number of hydrogen-bond donors (Lipinski definition) is 0. The van der Waals surface area contributed by atoms with Crippen molar-refractivity contribution in [1.29, 1.82) is 0 Å². The predicted octanol–water partition coefficient (Wildman–Crippen LogP) is 2.44. The minimum atomic E-state index is -3.87. The van der Waals surface area contributed by atoms with Crippen LogP contribution >= 0.6 is 0 Å². The Bertz CT molecular complexity index is 643. The molecule has 1 aliphatic heterocycles. The maximum atomic E-state index is 12.7. The molecule has 1 saturated heterocycles. The Hall–Kier alpha value is -1.54. The molecule has 1 aromatic heterocycles. The van der Waals surface area contributed by atoms with Gasteiger partial charge in [-0.15, -0.1) is 0 Å². The predicted molar refractivity (Wildman–Crippen MR) is 81.8 cm³/mol. The van der Waals surface area contributed by atoms with E-state index in [0.717, 1.165) is 19.3 Å². The monoisotopic (exact) mass is 327 g/mol. The van der Waals surface area contributed by atoms with Crippen LogP contribution in [0.1, 0.15) is 33.1 Å². The van der Waals surface area contributed by atoms with E-state index < -0.39 is 20.8 Å². The summed E-state index contributed by atoms with van der Waals surface area (Å²) < 4.78 is 26.7. The van der Waals surface area contributed by atoms with E-state index in [-0.39, 0.29) is 4.90 Å². The summed E-state index contributed by atoms with van der Waals surface area (Å²) in [5.41, 5.74) is 0. The molecule has 22 heavy (non-hydrogen) atoms. The summed E-state index contributed by atoms with van der Waals surface area (Å²) in [6.45, 7) is 5.06. The summed E-state index contributed by atoms with van der Waals surface area (Å²) in [5.74, 6) is 0.207. The molecule has 1 unspecified atom stereocenters. The minimum Gasteiger partial charge on any atom is -0.358 e. The Kier molecular flexibility index (Phi) is 5.12. The van der Waals surface area contributed by atoms with Crippen molar-refractivity contribution < 1.29 is 13.3 Å². The minimum absolute atomic E-state index is 0.315. The zero-order valence-corrected chi connectivity index (χ0v) is 13.6. The molecule has 1 aromatic rings. The first-order valence-electron chi connectivity index (χ1n) is 7.51. The van der Waals surface area contributed by atoms with Crippen LogP contribution in [0.3, 0.4) is 0 Å². The molecule has 1 aliphatic rings. The van der Waals surface area contributed by atoms with Gasteiger partial charge in [0.05, 0.1) is 0 Å². The van der Waals surface area contributed by atoms with Crippen LogP contribution in [-0.2, 0) is 10.0 Å². The Morgan fingerprint density at radius 2 is 2.14 bits per heavy atom. The molecule has 0 saturated carbocycles. The van der Waals surface area contributed by atoms with Gasteiger partial charge in [0.15, 0.2) is 4.90 Å². The Balaban J connectivity index is 2.28. The van der Waals surface area contributed by atoms with E-state index in [1.54, 1.807) is 0 Å². The quantitative estimate of drug-likeness (QED) is 0.591. The molecule has 0 spiro atoms. The summed E-state index contributed by atoms with van der Waals surface area (Å²) in [4.78, 5) is 13.5. The second-order valence-electron chi connectivity index (χ2n) is 5.57. The fourth-order valence-corrected chi connectivity index (χ4v) is 4.79. The van der Waals surface area contributed by atoms with Crippen molar-refractivity contribution >= 4 is 15.8 Å². The Labute approximate surface area is 130 Å². The van der Waals surface area contributed by atoms with Gasteiger partial charge in [0.25, 0.3) is 10.0 Å². The third kappa shape index (κ3) is 3.12. The van der Waals surface area contributed by atoms with Crippen LogP contribution in [0.4, 0.5) is 5.82 Å². The van der Waals surface area contributed by atoms with Crippen molar-refractivity contribution in [3.63, 3.8) is 0 Å². The molecule has 0 aliphatic carbocycles. The van der Waals surface area contributed by atoms with Crippen LogP contribution in [0.15, 0.2) is 23.2 Å². The average molecular weight is 327 g/mol. The van der Waals surface area contributed by atoms with Gasteiger partial charge >= 0.3 is 5.82 Å². The van der Waals surface area contributed by atoms with Crippen molar-refractivity contribution in [2.24, 2.45) is 11.8 Å². The van der Waals surface area contributed by atoms with Crippen molar-refractivity contribution in [3.05, 3.63) is 28.4 Å². The number of nitrogens with zero attached hydrogens (tertiary/aromatic N) is 3. The van der Waals surface area contributed by atoms with E-state index in [4.69, 9.17) is 0 Å². The van der Waals surface area contributed by atoms with Gasteiger partial charge in [-0.3, -0.25) is 0 Å². The third-order valence-electron chi connectivity index (χ3n) is 4.44. The highest BCUT2D eigenvalue weighted by Crippen LogP contribution is 2.33. The van der Waals surface area contributed by atoms with Gasteiger partial charge in [0.2, 0.25) is 0 Å². The highest BCUT2D eigenvalue weighted by molar-refractivity contribution is 7.89. The van der Waals surface area contributed by atoms with E-state index in [1.165, 1.54) is 22.6 Å². The molecule has 0 N–H and O–H groups in total. The van der Waals surface area contributed by atoms with Crippen molar-refractivity contribution in [3.8, 4) is 0 Å². The maximum Gasteiger partial charge on any atom is 0.383 e. The highest BCUT2D eigenvalue weighted by Gasteiger charge is 2.38. The fraction of sp³-hybridized carbons (Fsp3) is 0.643. The normalized spacial score (nSPS) is 19.7. The van der Waals surface area contributed by atoms with E-state index in [9.17, 15) is 18.5 Å². The molecule has 0 radical (unpaired) electrons. The Morgan fingerprint density at radius 1 is 1.45 bits per heavy atom. The second-order valence-corrected chi connectivity index (χ2v) is 7.48. The molecule has 8 heteroatoms. The summed E-state index contributed by atoms with van der Waals surface area (Å²) in [7, 11) is -3.87. The van der Waals surface area contributed by atoms with Crippen molar-refractivity contribution in [2.45, 2.75) is 38.0 Å². The van der Waals surface area contributed by atoms with Gasteiger partial charge < -0.3 is 10.1 Å². The number of pyridine rings is 1. The third-order valence-corrected chi connectivity index (χ3v) is 6.33. The number of sulfonamides is 1. The van der Waals surface area contributed by atoms with Gasteiger partial charge in [-0.05, 0) is 40.3 Å². The van der Waals surface area contributed by atoms with E-state index >= 15 is 0 Å². The lowest BCUT2D eigenvalue weighted by molar-refractivity contribution is -0.392.